The summed E-state index contributed by atoms with van der Waals surface area (Å²) in [6.07, 6.45) is 2.68. The molecule has 3 N–H and O–H groups in total. The maximum absolute atomic E-state index is 12.7. The molecule has 15 heavy (non-hydrogen) atoms. The molecular weight excluding hydrogens is 202 g/mol. The van der Waals surface area contributed by atoms with Crippen molar-refractivity contribution < 1.29 is 13.9 Å². The molecule has 0 saturated carbocycles. The van der Waals surface area contributed by atoms with E-state index in [1.165, 1.54) is 18.4 Å². The molecule has 80 valence electrons. The summed E-state index contributed by atoms with van der Waals surface area (Å²) in [5.41, 5.74) is 5.79. The second kappa shape index (κ2) is 5.21. The Morgan fingerprint density at radius 1 is 1.40 bits per heavy atom. The summed E-state index contributed by atoms with van der Waals surface area (Å²) < 4.78 is 25.2. The minimum atomic E-state index is -0.955. The maximum atomic E-state index is 12.7. The van der Waals surface area contributed by atoms with Crippen molar-refractivity contribution in [3.63, 3.8) is 0 Å². The van der Waals surface area contributed by atoms with E-state index < -0.39 is 11.6 Å². The van der Waals surface area contributed by atoms with Crippen LogP contribution in [0.3, 0.4) is 0 Å². The lowest BCUT2D eigenvalue weighted by molar-refractivity contribution is 0.330. The van der Waals surface area contributed by atoms with E-state index in [1.54, 1.807) is 0 Å². The normalized spacial score (nSPS) is 12.3. The minimum absolute atomic E-state index is 0.237. The molecule has 0 saturated heterocycles. The highest BCUT2D eigenvalue weighted by Crippen LogP contribution is 2.15. The van der Waals surface area contributed by atoms with Crippen LogP contribution in [0.4, 0.5) is 14.5 Å². The van der Waals surface area contributed by atoms with Crippen molar-refractivity contribution in [1.82, 2.24) is 0 Å². The van der Waals surface area contributed by atoms with Gasteiger partial charge in [-0.25, -0.2) is 8.78 Å². The minimum Gasteiger partial charge on any atom is -0.400 e. The molecule has 0 bridgehead atoms. The third kappa shape index (κ3) is 3.47. The van der Waals surface area contributed by atoms with E-state index in [0.717, 1.165) is 12.1 Å². The van der Waals surface area contributed by atoms with E-state index in [2.05, 4.69) is 4.99 Å². The molecule has 0 heterocycles. The highest BCUT2D eigenvalue weighted by atomic mass is 19.2. The molecule has 0 aliphatic rings. The fourth-order valence-electron chi connectivity index (χ4n) is 0.837. The van der Waals surface area contributed by atoms with Gasteiger partial charge in [0.2, 0.25) is 0 Å². The molecule has 0 unspecified atom stereocenters. The van der Waals surface area contributed by atoms with Gasteiger partial charge in [-0.3, -0.25) is 4.99 Å². The zero-order valence-electron chi connectivity index (χ0n) is 7.82. The fourth-order valence-corrected chi connectivity index (χ4v) is 0.837. The van der Waals surface area contributed by atoms with E-state index in [4.69, 9.17) is 10.8 Å². The first-order valence-corrected chi connectivity index (χ1v) is 4.18. The standard InChI is InChI=1S/C10H10F2N2O/c11-9-2-1-8(5-10(9)12)14-4-3-7(13)6-15/h1-5,15H,6,13H2. The topological polar surface area (TPSA) is 58.6 Å². The first-order chi connectivity index (χ1) is 7.13. The van der Waals surface area contributed by atoms with Crippen LogP contribution in [0.5, 0.6) is 0 Å². The van der Waals surface area contributed by atoms with Crippen molar-refractivity contribution in [2.45, 2.75) is 0 Å². The van der Waals surface area contributed by atoms with Gasteiger partial charge in [-0.15, -0.1) is 0 Å². The summed E-state index contributed by atoms with van der Waals surface area (Å²) in [5.74, 6) is -1.87. The average molecular weight is 212 g/mol. The number of aliphatic hydroxyl groups excluding tert-OH is 1. The second-order valence-corrected chi connectivity index (χ2v) is 2.78. The summed E-state index contributed by atoms with van der Waals surface area (Å²) in [5, 5.41) is 8.55. The van der Waals surface area contributed by atoms with Gasteiger partial charge in [0, 0.05) is 18.0 Å². The molecule has 0 aliphatic carbocycles. The molecule has 0 aliphatic heterocycles. The molecule has 3 nitrogen and oxygen atoms in total. The number of halogens is 2. The van der Waals surface area contributed by atoms with Crippen LogP contribution in [0.25, 0.3) is 0 Å². The Morgan fingerprint density at radius 3 is 2.73 bits per heavy atom. The predicted molar refractivity (Wildman–Crippen MR) is 53.9 cm³/mol. The third-order valence-corrected chi connectivity index (χ3v) is 1.60. The lowest BCUT2D eigenvalue weighted by atomic mass is 10.3. The number of rotatable bonds is 3. The van der Waals surface area contributed by atoms with Gasteiger partial charge in [-0.05, 0) is 18.2 Å². The summed E-state index contributed by atoms with van der Waals surface area (Å²) in [6.45, 7) is -0.274. The van der Waals surface area contributed by atoms with Gasteiger partial charge >= 0.3 is 0 Å². The fraction of sp³-hybridized carbons (Fsp3) is 0.100. The number of nitrogens with zero attached hydrogens (tertiary/aromatic N) is 1. The molecule has 0 atom stereocenters. The summed E-state index contributed by atoms with van der Waals surface area (Å²) in [4.78, 5) is 3.80. The first kappa shape index (κ1) is 11.3. The lowest BCUT2D eigenvalue weighted by Gasteiger charge is -1.94. The Balaban J connectivity index is 2.77. The molecule has 1 aromatic rings. The van der Waals surface area contributed by atoms with Gasteiger partial charge in [0.15, 0.2) is 11.6 Å². The highest BCUT2D eigenvalue weighted by molar-refractivity contribution is 5.75. The molecule has 0 spiro atoms. The zero-order chi connectivity index (χ0) is 11.3. The van der Waals surface area contributed by atoms with Crippen molar-refractivity contribution in [1.29, 1.82) is 0 Å². The quantitative estimate of drug-likeness (QED) is 0.746. The number of hydrogen-bond donors (Lipinski definition) is 2. The molecule has 0 fully saturated rings. The predicted octanol–water partition coefficient (Wildman–Crippen LogP) is 1.50. The molecule has 1 aromatic carbocycles. The third-order valence-electron chi connectivity index (χ3n) is 1.60. The van der Waals surface area contributed by atoms with Gasteiger partial charge < -0.3 is 10.8 Å². The average Bonchev–Trinajstić information content (AvgIpc) is 2.23. The molecule has 0 aromatic heterocycles. The van der Waals surface area contributed by atoms with Gasteiger partial charge in [0.05, 0.1) is 12.3 Å². The van der Waals surface area contributed by atoms with Crippen molar-refractivity contribution in [3.05, 3.63) is 41.6 Å². The number of aliphatic hydroxyl groups is 1. The molecular formula is C10H10F2N2O. The first-order valence-electron chi connectivity index (χ1n) is 4.18. The van der Waals surface area contributed by atoms with Gasteiger partial charge in [-0.1, -0.05) is 0 Å². The van der Waals surface area contributed by atoms with E-state index >= 15 is 0 Å². The highest BCUT2D eigenvalue weighted by Gasteiger charge is 2.00. The number of hydrogen-bond acceptors (Lipinski definition) is 3. The monoisotopic (exact) mass is 212 g/mol. The summed E-state index contributed by atoms with van der Waals surface area (Å²) in [7, 11) is 0. The number of aliphatic imine (C=N–C) groups is 1. The van der Waals surface area contributed by atoms with Gasteiger partial charge in [-0.2, -0.15) is 0 Å². The van der Waals surface area contributed by atoms with Crippen LogP contribution < -0.4 is 5.73 Å². The van der Waals surface area contributed by atoms with Crippen LogP contribution >= 0.6 is 0 Å². The van der Waals surface area contributed by atoms with Crippen LogP contribution in [0.2, 0.25) is 0 Å². The number of nitrogens with two attached hydrogens (primary N) is 1. The Morgan fingerprint density at radius 2 is 2.13 bits per heavy atom. The summed E-state index contributed by atoms with van der Waals surface area (Å²) in [6, 6.07) is 3.29. The van der Waals surface area contributed by atoms with Crippen LogP contribution in [-0.2, 0) is 0 Å². The van der Waals surface area contributed by atoms with Crippen molar-refractivity contribution in [2.75, 3.05) is 6.61 Å². The molecule has 1 rings (SSSR count). The molecule has 0 radical (unpaired) electrons. The summed E-state index contributed by atoms with van der Waals surface area (Å²) >= 11 is 0. The van der Waals surface area contributed by atoms with E-state index in [-0.39, 0.29) is 18.0 Å². The van der Waals surface area contributed by atoms with Crippen molar-refractivity contribution >= 4 is 11.9 Å². The number of allylic oxidation sites excluding steroid dienone is 1. The largest absolute Gasteiger partial charge is 0.400 e. The van der Waals surface area contributed by atoms with Crippen LogP contribution in [0.1, 0.15) is 0 Å². The Hall–Kier alpha value is -1.75. The number of benzene rings is 1. The Labute approximate surface area is 85.6 Å². The van der Waals surface area contributed by atoms with Crippen LogP contribution in [-0.4, -0.2) is 17.9 Å². The van der Waals surface area contributed by atoms with Gasteiger partial charge in [0.25, 0.3) is 0 Å². The van der Waals surface area contributed by atoms with E-state index in [1.807, 2.05) is 0 Å². The van der Waals surface area contributed by atoms with Crippen LogP contribution in [0, 0.1) is 11.6 Å². The SMILES string of the molecule is NC(=CC=Nc1ccc(F)c(F)c1)CO. The second-order valence-electron chi connectivity index (χ2n) is 2.78. The Bertz CT molecular complexity index is 402. The van der Waals surface area contributed by atoms with Crippen molar-refractivity contribution in [3.8, 4) is 0 Å². The smallest absolute Gasteiger partial charge is 0.160 e. The molecule has 0 amide bonds. The molecule has 5 heteroatoms. The van der Waals surface area contributed by atoms with Crippen LogP contribution in [0.15, 0.2) is 35.0 Å². The van der Waals surface area contributed by atoms with Crippen molar-refractivity contribution in [2.24, 2.45) is 10.7 Å². The van der Waals surface area contributed by atoms with E-state index in [0.29, 0.717) is 0 Å². The lowest BCUT2D eigenvalue weighted by Crippen LogP contribution is -2.01. The zero-order valence-corrected chi connectivity index (χ0v) is 7.82. The van der Waals surface area contributed by atoms with Gasteiger partial charge in [0.1, 0.15) is 0 Å². The maximum Gasteiger partial charge on any atom is 0.160 e. The van der Waals surface area contributed by atoms with E-state index in [9.17, 15) is 8.78 Å². The Kier molecular flexibility index (Phi) is 3.93.